The van der Waals surface area contributed by atoms with Crippen LogP contribution in [0.2, 0.25) is 0 Å². The van der Waals surface area contributed by atoms with Crippen molar-refractivity contribution in [2.24, 2.45) is 0 Å². The molecule has 0 saturated heterocycles. The third kappa shape index (κ3) is 3.74. The minimum Gasteiger partial charge on any atom is -0.348 e. The highest BCUT2D eigenvalue weighted by Gasteiger charge is 2.03. The number of hydrogen-bond donors (Lipinski definition) is 0. The molecule has 0 radical (unpaired) electrons. The van der Waals surface area contributed by atoms with Gasteiger partial charge in [0.1, 0.15) is 5.82 Å². The van der Waals surface area contributed by atoms with E-state index < -0.39 is 0 Å². The molecule has 0 N–H and O–H groups in total. The lowest BCUT2D eigenvalue weighted by atomic mass is 10.1. The van der Waals surface area contributed by atoms with Gasteiger partial charge < -0.3 is 4.90 Å². The van der Waals surface area contributed by atoms with Crippen LogP contribution in [0.4, 0.5) is 10.1 Å². The van der Waals surface area contributed by atoms with Crippen molar-refractivity contribution < 1.29 is 4.39 Å². The Bertz CT molecular complexity index is 436. The predicted octanol–water partition coefficient (Wildman–Crippen LogP) is 4.52. The Morgan fingerprint density at radius 3 is 2.06 bits per heavy atom. The number of halogens is 1. The second-order valence-corrected chi connectivity index (χ2v) is 4.50. The SMILES string of the molecule is CC(C)=C(C)/C=C(/C)N(C)c1ccc(F)cc1. The van der Waals surface area contributed by atoms with Crippen molar-refractivity contribution in [3.63, 3.8) is 0 Å². The predicted molar refractivity (Wildman–Crippen MR) is 72.6 cm³/mol. The lowest BCUT2D eigenvalue weighted by Crippen LogP contribution is -2.14. The first-order chi connectivity index (χ1) is 7.91. The van der Waals surface area contributed by atoms with Crippen LogP contribution in [-0.4, -0.2) is 7.05 Å². The molecule has 1 aromatic rings. The molecule has 0 aliphatic heterocycles. The fraction of sp³-hybridized carbons (Fsp3) is 0.333. The van der Waals surface area contributed by atoms with Crippen molar-refractivity contribution in [3.8, 4) is 0 Å². The topological polar surface area (TPSA) is 3.24 Å². The maximum Gasteiger partial charge on any atom is 0.123 e. The fourth-order valence-electron chi connectivity index (χ4n) is 1.42. The van der Waals surface area contributed by atoms with Crippen molar-refractivity contribution in [3.05, 3.63) is 53.0 Å². The maximum absolute atomic E-state index is 12.8. The van der Waals surface area contributed by atoms with E-state index in [0.717, 1.165) is 11.4 Å². The number of nitrogens with zero attached hydrogens (tertiary/aromatic N) is 1. The van der Waals surface area contributed by atoms with E-state index in [2.05, 4.69) is 33.8 Å². The van der Waals surface area contributed by atoms with Crippen LogP contribution in [0.1, 0.15) is 27.7 Å². The van der Waals surface area contributed by atoms with Crippen LogP contribution in [0, 0.1) is 5.82 Å². The molecule has 0 aliphatic rings. The Hall–Kier alpha value is -1.57. The Morgan fingerprint density at radius 2 is 1.59 bits per heavy atom. The Morgan fingerprint density at radius 1 is 1.06 bits per heavy atom. The van der Waals surface area contributed by atoms with Crippen LogP contribution in [0.3, 0.4) is 0 Å². The molecule has 0 aliphatic carbocycles. The van der Waals surface area contributed by atoms with Gasteiger partial charge in [-0.15, -0.1) is 0 Å². The van der Waals surface area contributed by atoms with E-state index in [1.165, 1.54) is 23.3 Å². The van der Waals surface area contributed by atoms with E-state index in [4.69, 9.17) is 0 Å². The lowest BCUT2D eigenvalue weighted by Gasteiger charge is -2.20. The second-order valence-electron chi connectivity index (χ2n) is 4.50. The highest BCUT2D eigenvalue weighted by atomic mass is 19.1. The largest absolute Gasteiger partial charge is 0.348 e. The first-order valence-corrected chi connectivity index (χ1v) is 5.73. The molecule has 17 heavy (non-hydrogen) atoms. The Kier molecular flexibility index (Phi) is 4.50. The third-order valence-corrected chi connectivity index (χ3v) is 2.96. The average Bonchev–Trinajstić information content (AvgIpc) is 2.28. The zero-order valence-corrected chi connectivity index (χ0v) is 11.2. The summed E-state index contributed by atoms with van der Waals surface area (Å²) in [6, 6.07) is 6.52. The van der Waals surface area contributed by atoms with Crippen molar-refractivity contribution >= 4 is 5.69 Å². The van der Waals surface area contributed by atoms with Crippen molar-refractivity contribution in [2.45, 2.75) is 27.7 Å². The monoisotopic (exact) mass is 233 g/mol. The number of rotatable bonds is 3. The van der Waals surface area contributed by atoms with E-state index >= 15 is 0 Å². The number of anilines is 1. The molecule has 0 saturated carbocycles. The molecule has 92 valence electrons. The zero-order chi connectivity index (χ0) is 13.0. The molecule has 1 aromatic carbocycles. The minimum absolute atomic E-state index is 0.204. The van der Waals surface area contributed by atoms with Gasteiger partial charge in [-0.1, -0.05) is 11.1 Å². The summed E-state index contributed by atoms with van der Waals surface area (Å²) in [6.45, 7) is 8.33. The molecule has 0 spiro atoms. The van der Waals surface area contributed by atoms with E-state index in [1.807, 2.05) is 11.9 Å². The molecule has 1 nitrogen and oxygen atoms in total. The molecule has 0 amide bonds. The standard InChI is InChI=1S/C15H20FN/c1-11(2)12(3)10-13(4)17(5)15-8-6-14(16)7-9-15/h6-10H,1-5H3/b13-10-. The summed E-state index contributed by atoms with van der Waals surface area (Å²) in [7, 11) is 1.98. The van der Waals surface area contributed by atoms with Gasteiger partial charge in [0.15, 0.2) is 0 Å². The van der Waals surface area contributed by atoms with Crippen LogP contribution in [-0.2, 0) is 0 Å². The van der Waals surface area contributed by atoms with Crippen molar-refractivity contribution in [1.82, 2.24) is 0 Å². The first-order valence-electron chi connectivity index (χ1n) is 5.73. The highest BCUT2D eigenvalue weighted by Crippen LogP contribution is 2.19. The van der Waals surface area contributed by atoms with Crippen molar-refractivity contribution in [2.75, 3.05) is 11.9 Å². The van der Waals surface area contributed by atoms with Gasteiger partial charge in [0.2, 0.25) is 0 Å². The molecular weight excluding hydrogens is 213 g/mol. The molecule has 0 heterocycles. The first kappa shape index (κ1) is 13.5. The summed E-state index contributed by atoms with van der Waals surface area (Å²) in [6.07, 6.45) is 2.14. The summed E-state index contributed by atoms with van der Waals surface area (Å²) in [5.74, 6) is -0.204. The number of benzene rings is 1. The van der Waals surface area contributed by atoms with Crippen LogP contribution in [0.25, 0.3) is 0 Å². The van der Waals surface area contributed by atoms with Crippen LogP contribution >= 0.6 is 0 Å². The van der Waals surface area contributed by atoms with E-state index in [9.17, 15) is 4.39 Å². The van der Waals surface area contributed by atoms with Gasteiger partial charge in [-0.25, -0.2) is 4.39 Å². The fourth-order valence-corrected chi connectivity index (χ4v) is 1.42. The average molecular weight is 233 g/mol. The van der Waals surface area contributed by atoms with Crippen molar-refractivity contribution in [1.29, 1.82) is 0 Å². The van der Waals surface area contributed by atoms with Crippen LogP contribution in [0.15, 0.2) is 47.2 Å². The normalized spacial score (nSPS) is 11.3. The smallest absolute Gasteiger partial charge is 0.123 e. The van der Waals surface area contributed by atoms with E-state index in [-0.39, 0.29) is 5.82 Å². The number of allylic oxidation sites excluding steroid dienone is 4. The minimum atomic E-state index is -0.204. The lowest BCUT2D eigenvalue weighted by molar-refractivity contribution is 0.628. The zero-order valence-electron chi connectivity index (χ0n) is 11.2. The molecule has 1 rings (SSSR count). The van der Waals surface area contributed by atoms with Gasteiger partial charge in [0.05, 0.1) is 0 Å². The molecule has 0 atom stereocenters. The summed E-state index contributed by atoms with van der Waals surface area (Å²) >= 11 is 0. The molecule has 0 unspecified atom stereocenters. The quantitative estimate of drug-likeness (QED) is 0.694. The summed E-state index contributed by atoms with van der Waals surface area (Å²) in [4.78, 5) is 2.05. The molecule has 0 aromatic heterocycles. The van der Waals surface area contributed by atoms with E-state index in [1.54, 1.807) is 12.1 Å². The third-order valence-electron chi connectivity index (χ3n) is 2.96. The van der Waals surface area contributed by atoms with Crippen LogP contribution in [0.5, 0.6) is 0 Å². The summed E-state index contributed by atoms with van der Waals surface area (Å²) in [5, 5.41) is 0. The second kappa shape index (κ2) is 5.67. The molecule has 0 fully saturated rings. The van der Waals surface area contributed by atoms with Gasteiger partial charge in [-0.05, 0) is 58.0 Å². The van der Waals surface area contributed by atoms with Gasteiger partial charge in [0, 0.05) is 18.4 Å². The van der Waals surface area contributed by atoms with Gasteiger partial charge in [-0.3, -0.25) is 0 Å². The van der Waals surface area contributed by atoms with Crippen LogP contribution < -0.4 is 4.90 Å². The summed E-state index contributed by atoms with van der Waals surface area (Å²) in [5.41, 5.74) is 4.69. The maximum atomic E-state index is 12.8. The molecule has 2 heteroatoms. The number of hydrogen-bond acceptors (Lipinski definition) is 1. The molecule has 0 bridgehead atoms. The Labute approximate surface area is 103 Å². The van der Waals surface area contributed by atoms with Gasteiger partial charge in [0.25, 0.3) is 0 Å². The van der Waals surface area contributed by atoms with E-state index in [0.29, 0.717) is 0 Å². The highest BCUT2D eigenvalue weighted by molar-refractivity contribution is 5.51. The van der Waals surface area contributed by atoms with Gasteiger partial charge >= 0.3 is 0 Å². The van der Waals surface area contributed by atoms with Gasteiger partial charge in [-0.2, -0.15) is 0 Å². The molecular formula is C15H20FN. The Balaban J connectivity index is 2.94. The summed E-state index contributed by atoms with van der Waals surface area (Å²) < 4.78 is 12.8.